The molecule has 1 unspecified atom stereocenters. The summed E-state index contributed by atoms with van der Waals surface area (Å²) in [6.07, 6.45) is 3.23. The highest BCUT2D eigenvalue weighted by Gasteiger charge is 2.20. The highest BCUT2D eigenvalue weighted by atomic mass is 16.2. The molecule has 0 aromatic carbocycles. The molecule has 1 atom stereocenters. The molecule has 4 nitrogen and oxygen atoms in total. The van der Waals surface area contributed by atoms with Crippen LogP contribution in [-0.4, -0.2) is 28.4 Å². The van der Waals surface area contributed by atoms with Crippen LogP contribution >= 0.6 is 0 Å². The molecule has 1 amide bonds. The maximum Gasteiger partial charge on any atom is 0.223 e. The van der Waals surface area contributed by atoms with E-state index >= 15 is 0 Å². The lowest BCUT2D eigenvalue weighted by Gasteiger charge is -2.28. The Morgan fingerprint density at radius 1 is 1.42 bits per heavy atom. The molecule has 19 heavy (non-hydrogen) atoms. The molecule has 1 rings (SSSR count). The Morgan fingerprint density at radius 2 is 2.16 bits per heavy atom. The maximum atomic E-state index is 12.4. The zero-order chi connectivity index (χ0) is 14.3. The number of aromatic nitrogens is 1. The zero-order valence-electron chi connectivity index (χ0n) is 12.2. The summed E-state index contributed by atoms with van der Waals surface area (Å²) in [6, 6.07) is 5.94. The van der Waals surface area contributed by atoms with Gasteiger partial charge in [-0.2, -0.15) is 0 Å². The minimum atomic E-state index is 0.165. The molecule has 1 aromatic rings. The van der Waals surface area contributed by atoms with Crippen LogP contribution in [0.5, 0.6) is 0 Å². The van der Waals surface area contributed by atoms with Gasteiger partial charge in [-0.1, -0.05) is 19.4 Å². The van der Waals surface area contributed by atoms with Crippen LogP contribution in [-0.2, 0) is 11.3 Å². The van der Waals surface area contributed by atoms with Gasteiger partial charge in [0.15, 0.2) is 0 Å². The number of rotatable bonds is 7. The smallest absolute Gasteiger partial charge is 0.223 e. The first kappa shape index (κ1) is 15.6. The number of carbonyl (C=O) groups is 1. The molecule has 1 heterocycles. The van der Waals surface area contributed by atoms with Crippen LogP contribution in [0.4, 0.5) is 0 Å². The predicted molar refractivity (Wildman–Crippen MR) is 77.4 cm³/mol. The summed E-state index contributed by atoms with van der Waals surface area (Å²) in [4.78, 5) is 18.5. The molecule has 0 bridgehead atoms. The molecule has 0 aliphatic carbocycles. The number of nitrogens with two attached hydrogens (primary N) is 1. The van der Waals surface area contributed by atoms with Gasteiger partial charge in [0.25, 0.3) is 0 Å². The highest BCUT2D eigenvalue weighted by Crippen LogP contribution is 2.13. The lowest BCUT2D eigenvalue weighted by atomic mass is 10.0. The lowest BCUT2D eigenvalue weighted by molar-refractivity contribution is -0.134. The van der Waals surface area contributed by atoms with Crippen LogP contribution in [0, 0.1) is 5.92 Å². The maximum absolute atomic E-state index is 12.4. The van der Waals surface area contributed by atoms with Crippen molar-refractivity contribution in [2.45, 2.75) is 46.2 Å². The highest BCUT2D eigenvalue weighted by molar-refractivity contribution is 5.76. The van der Waals surface area contributed by atoms with Crippen LogP contribution in [0.15, 0.2) is 24.4 Å². The number of pyridine rings is 1. The van der Waals surface area contributed by atoms with Crippen LogP contribution in [0.3, 0.4) is 0 Å². The molecular weight excluding hydrogens is 238 g/mol. The van der Waals surface area contributed by atoms with Gasteiger partial charge in [0, 0.05) is 18.7 Å². The Kier molecular flexibility index (Phi) is 6.50. The molecule has 0 saturated heterocycles. The van der Waals surface area contributed by atoms with Crippen LogP contribution < -0.4 is 5.73 Å². The molecule has 4 heteroatoms. The van der Waals surface area contributed by atoms with Crippen LogP contribution in [0.1, 0.15) is 39.3 Å². The fraction of sp³-hybridized carbons (Fsp3) is 0.600. The normalized spacial score (nSPS) is 12.5. The van der Waals surface area contributed by atoms with E-state index in [1.54, 1.807) is 6.20 Å². The first-order chi connectivity index (χ1) is 9.08. The Labute approximate surface area is 116 Å². The topological polar surface area (TPSA) is 59.2 Å². The van der Waals surface area contributed by atoms with E-state index in [1.807, 2.05) is 36.9 Å². The van der Waals surface area contributed by atoms with Crippen molar-refractivity contribution in [2.75, 3.05) is 6.54 Å². The molecule has 0 fully saturated rings. The predicted octanol–water partition coefficient (Wildman–Crippen LogP) is 2.19. The standard InChI is InChI=1S/C15H25N3O/c1-4-13(10-16)9-15(19)18(12(2)3)11-14-7-5-6-8-17-14/h5-8,12-13H,4,9-11,16H2,1-3H3. The number of hydrogen-bond acceptors (Lipinski definition) is 3. The molecule has 0 radical (unpaired) electrons. The number of nitrogens with zero attached hydrogens (tertiary/aromatic N) is 2. The van der Waals surface area contributed by atoms with Crippen LogP contribution in [0.25, 0.3) is 0 Å². The first-order valence-corrected chi connectivity index (χ1v) is 6.97. The second-order valence-electron chi connectivity index (χ2n) is 5.15. The van der Waals surface area contributed by atoms with Crippen LogP contribution in [0.2, 0.25) is 0 Å². The average molecular weight is 263 g/mol. The van der Waals surface area contributed by atoms with Gasteiger partial charge in [-0.15, -0.1) is 0 Å². The van der Waals surface area contributed by atoms with Gasteiger partial charge in [0.2, 0.25) is 5.91 Å². The monoisotopic (exact) mass is 263 g/mol. The Hall–Kier alpha value is -1.42. The third-order valence-corrected chi connectivity index (χ3v) is 3.38. The van der Waals surface area contributed by atoms with Gasteiger partial charge in [-0.3, -0.25) is 9.78 Å². The molecule has 0 aliphatic rings. The Morgan fingerprint density at radius 3 is 2.63 bits per heavy atom. The van der Waals surface area contributed by atoms with Gasteiger partial charge in [-0.25, -0.2) is 0 Å². The van der Waals surface area contributed by atoms with Gasteiger partial charge in [0.05, 0.1) is 12.2 Å². The molecule has 106 valence electrons. The fourth-order valence-electron chi connectivity index (χ4n) is 1.98. The largest absolute Gasteiger partial charge is 0.334 e. The van der Waals surface area contributed by atoms with E-state index < -0.39 is 0 Å². The minimum Gasteiger partial charge on any atom is -0.334 e. The van der Waals surface area contributed by atoms with E-state index in [0.29, 0.717) is 19.5 Å². The number of hydrogen-bond donors (Lipinski definition) is 1. The van der Waals surface area contributed by atoms with Crippen molar-refractivity contribution in [3.8, 4) is 0 Å². The van der Waals surface area contributed by atoms with Crippen molar-refractivity contribution < 1.29 is 4.79 Å². The van der Waals surface area contributed by atoms with Gasteiger partial charge in [0.1, 0.15) is 0 Å². The SMILES string of the molecule is CCC(CN)CC(=O)N(Cc1ccccn1)C(C)C. The van der Waals surface area contributed by atoms with E-state index in [2.05, 4.69) is 11.9 Å². The Balaban J connectivity index is 2.69. The third kappa shape index (κ3) is 4.99. The summed E-state index contributed by atoms with van der Waals surface area (Å²) in [5.41, 5.74) is 6.60. The average Bonchev–Trinajstić information content (AvgIpc) is 2.42. The van der Waals surface area contributed by atoms with Gasteiger partial charge < -0.3 is 10.6 Å². The van der Waals surface area contributed by atoms with E-state index in [9.17, 15) is 4.79 Å². The summed E-state index contributed by atoms with van der Waals surface area (Å²) in [7, 11) is 0. The summed E-state index contributed by atoms with van der Waals surface area (Å²) in [5, 5.41) is 0. The first-order valence-electron chi connectivity index (χ1n) is 6.97. The molecule has 0 aliphatic heterocycles. The summed E-state index contributed by atoms with van der Waals surface area (Å²) in [5.74, 6) is 0.440. The number of carbonyl (C=O) groups excluding carboxylic acids is 1. The third-order valence-electron chi connectivity index (χ3n) is 3.38. The van der Waals surface area contributed by atoms with E-state index in [-0.39, 0.29) is 17.9 Å². The minimum absolute atomic E-state index is 0.165. The second kappa shape index (κ2) is 7.89. The summed E-state index contributed by atoms with van der Waals surface area (Å²) < 4.78 is 0. The van der Waals surface area contributed by atoms with Crippen molar-refractivity contribution in [1.82, 2.24) is 9.88 Å². The van der Waals surface area contributed by atoms with E-state index in [1.165, 1.54) is 0 Å². The fourth-order valence-corrected chi connectivity index (χ4v) is 1.98. The van der Waals surface area contributed by atoms with Crippen molar-refractivity contribution in [2.24, 2.45) is 11.7 Å². The molecule has 1 aromatic heterocycles. The van der Waals surface area contributed by atoms with Crippen molar-refractivity contribution in [1.29, 1.82) is 0 Å². The lowest BCUT2D eigenvalue weighted by Crippen LogP contribution is -2.38. The summed E-state index contributed by atoms with van der Waals surface area (Å²) >= 11 is 0. The van der Waals surface area contributed by atoms with E-state index in [0.717, 1.165) is 12.1 Å². The van der Waals surface area contributed by atoms with E-state index in [4.69, 9.17) is 5.73 Å². The van der Waals surface area contributed by atoms with Crippen molar-refractivity contribution in [3.05, 3.63) is 30.1 Å². The molecular formula is C15H25N3O. The second-order valence-corrected chi connectivity index (χ2v) is 5.15. The van der Waals surface area contributed by atoms with Gasteiger partial charge >= 0.3 is 0 Å². The molecule has 0 spiro atoms. The quantitative estimate of drug-likeness (QED) is 0.820. The summed E-state index contributed by atoms with van der Waals surface area (Å²) in [6.45, 7) is 7.27. The zero-order valence-corrected chi connectivity index (χ0v) is 12.2. The van der Waals surface area contributed by atoms with Crippen molar-refractivity contribution in [3.63, 3.8) is 0 Å². The molecule has 0 saturated carbocycles. The Bertz CT molecular complexity index is 374. The van der Waals surface area contributed by atoms with Crippen molar-refractivity contribution >= 4 is 5.91 Å². The van der Waals surface area contributed by atoms with Gasteiger partial charge in [-0.05, 0) is 38.4 Å². The molecule has 2 N–H and O–H groups in total. The number of amides is 1.